The lowest BCUT2D eigenvalue weighted by atomic mass is 10.1. The van der Waals surface area contributed by atoms with Crippen LogP contribution in [0.5, 0.6) is 0 Å². The van der Waals surface area contributed by atoms with Crippen LogP contribution in [-0.2, 0) is 0 Å². The number of para-hydroxylation sites is 1. The number of benzene rings is 2. The minimum atomic E-state index is -0.296. The van der Waals surface area contributed by atoms with E-state index in [2.05, 4.69) is 10.4 Å². The summed E-state index contributed by atoms with van der Waals surface area (Å²) in [7, 11) is 0. The van der Waals surface area contributed by atoms with Crippen molar-refractivity contribution in [2.24, 2.45) is 16.8 Å². The van der Waals surface area contributed by atoms with Gasteiger partial charge in [-0.3, -0.25) is 0 Å². The molecule has 2 aromatic rings. The Labute approximate surface area is 139 Å². The van der Waals surface area contributed by atoms with Crippen molar-refractivity contribution in [1.82, 2.24) is 0 Å². The highest BCUT2D eigenvalue weighted by Crippen LogP contribution is 2.20. The molecule has 0 aromatic heterocycles. The second kappa shape index (κ2) is 6.58. The minimum absolute atomic E-state index is 0.293. The Hall–Kier alpha value is -2.73. The zero-order chi connectivity index (χ0) is 16.2. The van der Waals surface area contributed by atoms with Crippen molar-refractivity contribution >= 4 is 34.4 Å². The maximum Gasteiger partial charge on any atom is 0.134 e. The molecule has 116 valence electrons. The summed E-state index contributed by atoms with van der Waals surface area (Å²) in [6.45, 7) is 0. The molecule has 0 saturated heterocycles. The molecule has 0 spiro atoms. The van der Waals surface area contributed by atoms with Gasteiger partial charge in [-0.1, -0.05) is 30.4 Å². The Morgan fingerprint density at radius 2 is 1.83 bits per heavy atom. The average Bonchev–Trinajstić information content (AvgIpc) is 2.57. The predicted molar refractivity (Wildman–Crippen MR) is 95.8 cm³/mol. The third-order valence-electron chi connectivity index (χ3n) is 3.38. The number of hydrogen-bond acceptors (Lipinski definition) is 4. The van der Waals surface area contributed by atoms with E-state index in [1.165, 1.54) is 12.1 Å². The molecule has 0 fully saturated rings. The molecule has 0 saturated carbocycles. The maximum absolute atomic E-state index is 12.9. The summed E-state index contributed by atoms with van der Waals surface area (Å²) < 4.78 is 12.9. The van der Waals surface area contributed by atoms with Crippen LogP contribution in [0.4, 0.5) is 15.8 Å². The first-order chi connectivity index (χ1) is 11.1. The highest BCUT2D eigenvalue weighted by atomic mass is 32.1. The molecule has 1 atom stereocenters. The normalized spacial score (nSPS) is 16.8. The Bertz CT molecular complexity index is 756. The number of thiocarbonyl (C=S) groups is 1. The van der Waals surface area contributed by atoms with Crippen molar-refractivity contribution in [3.05, 3.63) is 72.7 Å². The van der Waals surface area contributed by atoms with Gasteiger partial charge in [-0.25, -0.2) is 9.40 Å². The Balaban J connectivity index is 1.71. The van der Waals surface area contributed by atoms with Gasteiger partial charge in [-0.2, -0.15) is 5.10 Å². The molecule has 0 radical (unpaired) electrons. The van der Waals surface area contributed by atoms with E-state index in [9.17, 15) is 4.39 Å². The number of halogens is 1. The minimum Gasteiger partial charge on any atom is -0.385 e. The van der Waals surface area contributed by atoms with E-state index < -0.39 is 0 Å². The lowest BCUT2D eigenvalue weighted by Crippen LogP contribution is -2.36. The topological polar surface area (TPSA) is 53.6 Å². The monoisotopic (exact) mass is 326 g/mol. The molecule has 1 unspecified atom stereocenters. The zero-order valence-electron chi connectivity index (χ0n) is 12.2. The van der Waals surface area contributed by atoms with Gasteiger partial charge in [0.2, 0.25) is 0 Å². The number of amidine groups is 1. The van der Waals surface area contributed by atoms with E-state index in [4.69, 9.17) is 18.0 Å². The molecule has 23 heavy (non-hydrogen) atoms. The largest absolute Gasteiger partial charge is 0.385 e. The van der Waals surface area contributed by atoms with Crippen LogP contribution in [0.2, 0.25) is 0 Å². The number of hydrogen-bond donors (Lipinski definition) is 2. The highest BCUT2D eigenvalue weighted by molar-refractivity contribution is 7.80. The summed E-state index contributed by atoms with van der Waals surface area (Å²) >= 11 is 5.39. The average molecular weight is 326 g/mol. The lowest BCUT2D eigenvalue weighted by molar-refractivity contribution is 0.628. The first-order valence-electron chi connectivity index (χ1n) is 7.06. The van der Waals surface area contributed by atoms with E-state index in [1.54, 1.807) is 17.1 Å². The molecular weight excluding hydrogens is 311 g/mol. The van der Waals surface area contributed by atoms with E-state index in [0.717, 1.165) is 5.69 Å². The van der Waals surface area contributed by atoms with Gasteiger partial charge in [0.1, 0.15) is 11.7 Å². The van der Waals surface area contributed by atoms with Gasteiger partial charge in [-0.15, -0.1) is 0 Å². The Morgan fingerprint density at radius 3 is 2.48 bits per heavy atom. The van der Waals surface area contributed by atoms with Crippen LogP contribution in [0.3, 0.4) is 0 Å². The summed E-state index contributed by atoms with van der Waals surface area (Å²) in [5.74, 6) is -0.190. The summed E-state index contributed by atoms with van der Waals surface area (Å²) in [5, 5.41) is 9.12. The molecule has 0 bridgehead atoms. The molecule has 2 aromatic carbocycles. The molecule has 1 heterocycles. The molecule has 1 aliphatic heterocycles. The van der Waals surface area contributed by atoms with Crippen LogP contribution in [0.25, 0.3) is 0 Å². The molecule has 3 N–H and O–H groups in total. The predicted octanol–water partition coefficient (Wildman–Crippen LogP) is 3.49. The Kier molecular flexibility index (Phi) is 4.34. The van der Waals surface area contributed by atoms with Crippen molar-refractivity contribution < 1.29 is 4.39 Å². The Morgan fingerprint density at radius 1 is 1.13 bits per heavy atom. The summed E-state index contributed by atoms with van der Waals surface area (Å²) in [4.78, 5) is 0.516. The number of nitrogens with zero attached hydrogens (tertiary/aromatic N) is 2. The van der Waals surface area contributed by atoms with Gasteiger partial charge in [0.05, 0.1) is 16.6 Å². The fraction of sp³-hybridized carbons (Fsp3) is 0.0588. The van der Waals surface area contributed by atoms with Gasteiger partial charge in [0, 0.05) is 11.9 Å². The number of nitrogens with one attached hydrogen (secondary N) is 1. The fourth-order valence-corrected chi connectivity index (χ4v) is 2.50. The first-order valence-corrected chi connectivity index (χ1v) is 7.47. The smallest absolute Gasteiger partial charge is 0.134 e. The van der Waals surface area contributed by atoms with Crippen LogP contribution >= 0.6 is 12.2 Å². The van der Waals surface area contributed by atoms with Crippen LogP contribution in [0.15, 0.2) is 72.0 Å². The van der Waals surface area contributed by atoms with E-state index >= 15 is 0 Å². The van der Waals surface area contributed by atoms with Gasteiger partial charge in [-0.05, 0) is 42.5 Å². The van der Waals surface area contributed by atoms with Crippen LogP contribution in [0.1, 0.15) is 0 Å². The number of anilines is 2. The third-order valence-corrected chi connectivity index (χ3v) is 3.73. The van der Waals surface area contributed by atoms with Crippen LogP contribution < -0.4 is 16.1 Å². The van der Waals surface area contributed by atoms with Gasteiger partial charge in [0.25, 0.3) is 0 Å². The van der Waals surface area contributed by atoms with E-state index in [0.29, 0.717) is 16.5 Å². The number of rotatable bonds is 3. The summed E-state index contributed by atoms with van der Waals surface area (Å²) in [5.41, 5.74) is 7.69. The molecule has 0 aliphatic carbocycles. The maximum atomic E-state index is 12.9. The summed E-state index contributed by atoms with van der Waals surface area (Å²) in [6, 6.07) is 15.7. The molecule has 6 heteroatoms. The van der Waals surface area contributed by atoms with Crippen molar-refractivity contribution in [3.8, 4) is 0 Å². The third kappa shape index (κ3) is 3.54. The SMILES string of the molecule is NC1=NN(c2ccccc2)C=CC1C(=S)Nc1ccc(F)cc1. The number of nitrogens with two attached hydrogens (primary N) is 1. The van der Waals surface area contributed by atoms with Crippen LogP contribution in [-0.4, -0.2) is 10.8 Å². The van der Waals surface area contributed by atoms with E-state index in [1.807, 2.05) is 42.6 Å². The fourth-order valence-electron chi connectivity index (χ4n) is 2.19. The van der Waals surface area contributed by atoms with Gasteiger partial charge < -0.3 is 11.1 Å². The standard InChI is InChI=1S/C17H15FN4S/c18-12-6-8-13(9-7-12)20-17(23)15-10-11-22(21-16(15)19)14-4-2-1-3-5-14/h1-11,15H,(H2,19,21)(H,20,23). The second-order valence-corrected chi connectivity index (χ2v) is 5.46. The quantitative estimate of drug-likeness (QED) is 0.848. The first kappa shape index (κ1) is 15.2. The van der Waals surface area contributed by atoms with Crippen molar-refractivity contribution in [2.75, 3.05) is 10.3 Å². The van der Waals surface area contributed by atoms with Gasteiger partial charge in [0.15, 0.2) is 0 Å². The van der Waals surface area contributed by atoms with Gasteiger partial charge >= 0.3 is 0 Å². The molecular formula is C17H15FN4S. The molecule has 0 amide bonds. The highest BCUT2D eigenvalue weighted by Gasteiger charge is 2.21. The lowest BCUT2D eigenvalue weighted by Gasteiger charge is -2.24. The van der Waals surface area contributed by atoms with Crippen molar-refractivity contribution in [3.63, 3.8) is 0 Å². The second-order valence-electron chi connectivity index (χ2n) is 5.02. The van der Waals surface area contributed by atoms with Crippen molar-refractivity contribution in [2.45, 2.75) is 0 Å². The van der Waals surface area contributed by atoms with Crippen molar-refractivity contribution in [1.29, 1.82) is 0 Å². The van der Waals surface area contributed by atoms with E-state index in [-0.39, 0.29) is 11.7 Å². The molecule has 1 aliphatic rings. The number of hydrazone groups is 1. The zero-order valence-corrected chi connectivity index (χ0v) is 13.0. The van der Waals surface area contributed by atoms with Crippen LogP contribution in [0, 0.1) is 11.7 Å². The molecule has 3 rings (SSSR count). The summed E-state index contributed by atoms with van der Waals surface area (Å²) in [6.07, 6.45) is 3.71. The molecule has 4 nitrogen and oxygen atoms in total.